The molecular formula is C25H25ClN4O2. The number of halogens is 1. The number of pyridine rings is 2. The molecule has 1 aliphatic rings. The van der Waals surface area contributed by atoms with Crippen LogP contribution in [0.15, 0.2) is 66.5 Å². The highest BCUT2D eigenvalue weighted by molar-refractivity contribution is 6.31. The molecule has 3 N–H and O–H groups in total. The Kier molecular flexibility index (Phi) is 6.83. The number of carbonyl (C=O) groups excluding carboxylic acids is 1. The molecule has 0 spiro atoms. The van der Waals surface area contributed by atoms with Crippen molar-refractivity contribution in [3.05, 3.63) is 88.3 Å². The number of aryl methyl sites for hydroxylation is 1. The van der Waals surface area contributed by atoms with E-state index >= 15 is 0 Å². The van der Waals surface area contributed by atoms with E-state index in [0.29, 0.717) is 22.2 Å². The third kappa shape index (κ3) is 5.52. The second-order valence-electron chi connectivity index (χ2n) is 7.92. The van der Waals surface area contributed by atoms with Crippen LogP contribution in [0.2, 0.25) is 5.02 Å². The van der Waals surface area contributed by atoms with Gasteiger partial charge < -0.3 is 15.8 Å². The van der Waals surface area contributed by atoms with Gasteiger partial charge in [-0.15, -0.1) is 0 Å². The third-order valence-corrected chi connectivity index (χ3v) is 5.88. The first-order valence-electron chi connectivity index (χ1n) is 10.5. The van der Waals surface area contributed by atoms with Crippen LogP contribution < -0.4 is 15.8 Å². The van der Waals surface area contributed by atoms with Gasteiger partial charge in [0, 0.05) is 30.5 Å². The van der Waals surface area contributed by atoms with Gasteiger partial charge in [0.1, 0.15) is 5.75 Å². The maximum atomic E-state index is 12.4. The lowest BCUT2D eigenvalue weighted by Crippen LogP contribution is -2.49. The van der Waals surface area contributed by atoms with E-state index in [4.69, 9.17) is 22.1 Å². The van der Waals surface area contributed by atoms with Crippen molar-refractivity contribution < 1.29 is 9.53 Å². The van der Waals surface area contributed by atoms with Crippen LogP contribution in [0, 0.1) is 6.92 Å². The fourth-order valence-electron chi connectivity index (χ4n) is 3.76. The van der Waals surface area contributed by atoms with Gasteiger partial charge >= 0.3 is 0 Å². The molecule has 0 aliphatic heterocycles. The summed E-state index contributed by atoms with van der Waals surface area (Å²) in [5, 5.41) is 3.66. The summed E-state index contributed by atoms with van der Waals surface area (Å²) in [5.41, 5.74) is 9.95. The molecule has 32 heavy (non-hydrogen) atoms. The predicted octanol–water partition coefficient (Wildman–Crippen LogP) is 4.92. The Morgan fingerprint density at radius 2 is 2.12 bits per heavy atom. The maximum Gasteiger partial charge on any atom is 0.253 e. The average Bonchev–Trinajstić information content (AvgIpc) is 2.79. The number of ether oxygens (including phenoxy) is 1. The number of hydrogen-bond donors (Lipinski definition) is 2. The summed E-state index contributed by atoms with van der Waals surface area (Å²) in [6, 6.07) is 14.7. The molecule has 0 bridgehead atoms. The molecule has 2 aromatic heterocycles. The highest BCUT2D eigenvalue weighted by Crippen LogP contribution is 2.28. The minimum atomic E-state index is -0.142. The fraction of sp³-hybridized carbons (Fsp3) is 0.240. The lowest BCUT2D eigenvalue weighted by molar-refractivity contribution is 0.0925. The van der Waals surface area contributed by atoms with Crippen LogP contribution in [-0.2, 0) is 0 Å². The highest BCUT2D eigenvalue weighted by Gasteiger charge is 2.26. The maximum absolute atomic E-state index is 12.4. The molecule has 7 heteroatoms. The largest absolute Gasteiger partial charge is 0.439 e. The molecule has 0 saturated heterocycles. The van der Waals surface area contributed by atoms with Crippen molar-refractivity contribution in [2.24, 2.45) is 5.73 Å². The van der Waals surface area contributed by atoms with E-state index in [1.807, 2.05) is 31.2 Å². The molecule has 164 valence electrons. The summed E-state index contributed by atoms with van der Waals surface area (Å²) in [5.74, 6) is 1.07. The van der Waals surface area contributed by atoms with E-state index in [0.717, 1.165) is 30.5 Å². The number of nitrogens with two attached hydrogens (primary N) is 1. The summed E-state index contributed by atoms with van der Waals surface area (Å²) in [7, 11) is 0. The van der Waals surface area contributed by atoms with Crippen LogP contribution >= 0.6 is 11.6 Å². The molecule has 0 radical (unpaired) electrons. The Morgan fingerprint density at radius 1 is 1.25 bits per heavy atom. The SMILES string of the molecule is Cc1nc(Oc2cccc(/C=C3\CCC(NC(=O)c4cccnc4)C(N)C3)c2)ccc1Cl. The monoisotopic (exact) mass is 448 g/mol. The molecule has 2 heterocycles. The topological polar surface area (TPSA) is 90.1 Å². The van der Waals surface area contributed by atoms with Gasteiger partial charge in [0.25, 0.3) is 5.91 Å². The van der Waals surface area contributed by atoms with Crippen LogP contribution in [0.5, 0.6) is 11.6 Å². The Labute approximate surface area is 192 Å². The van der Waals surface area contributed by atoms with E-state index < -0.39 is 0 Å². The summed E-state index contributed by atoms with van der Waals surface area (Å²) < 4.78 is 5.89. The van der Waals surface area contributed by atoms with E-state index in [2.05, 4.69) is 21.4 Å². The van der Waals surface area contributed by atoms with E-state index in [1.54, 1.807) is 36.7 Å². The first-order valence-corrected chi connectivity index (χ1v) is 10.9. The van der Waals surface area contributed by atoms with E-state index in [-0.39, 0.29) is 18.0 Å². The molecular weight excluding hydrogens is 424 g/mol. The van der Waals surface area contributed by atoms with E-state index in [9.17, 15) is 4.79 Å². The number of aromatic nitrogens is 2. The third-order valence-electron chi connectivity index (χ3n) is 5.48. The fourth-order valence-corrected chi connectivity index (χ4v) is 3.87. The minimum Gasteiger partial charge on any atom is -0.439 e. The molecule has 2 atom stereocenters. The van der Waals surface area contributed by atoms with Crippen molar-refractivity contribution >= 4 is 23.6 Å². The van der Waals surface area contributed by atoms with Crippen LogP contribution in [0.25, 0.3) is 6.08 Å². The van der Waals surface area contributed by atoms with Crippen molar-refractivity contribution in [1.82, 2.24) is 15.3 Å². The zero-order chi connectivity index (χ0) is 22.5. The lowest BCUT2D eigenvalue weighted by Gasteiger charge is -2.31. The molecule has 1 amide bonds. The number of carbonyl (C=O) groups is 1. The smallest absolute Gasteiger partial charge is 0.253 e. The first-order chi connectivity index (χ1) is 15.5. The molecule has 1 saturated carbocycles. The molecule has 3 aromatic rings. The van der Waals surface area contributed by atoms with Crippen molar-refractivity contribution in [1.29, 1.82) is 0 Å². The van der Waals surface area contributed by atoms with Gasteiger partial charge in [-0.3, -0.25) is 9.78 Å². The zero-order valence-electron chi connectivity index (χ0n) is 17.8. The van der Waals surface area contributed by atoms with Gasteiger partial charge in [0.05, 0.1) is 16.3 Å². The normalized spacial score (nSPS) is 19.5. The zero-order valence-corrected chi connectivity index (χ0v) is 18.5. The second-order valence-corrected chi connectivity index (χ2v) is 8.33. The quantitative estimate of drug-likeness (QED) is 0.577. The molecule has 1 fully saturated rings. The second kappa shape index (κ2) is 9.94. The standard InChI is InChI=1S/C25H25ClN4O2/c1-16-21(26)8-10-24(29-16)32-20-6-2-4-17(13-20)12-18-7-9-23(22(27)14-18)30-25(31)19-5-3-11-28-15-19/h2-6,8,10-13,15,22-23H,7,9,14,27H2,1H3,(H,30,31)/b18-12+. The van der Waals surface area contributed by atoms with Gasteiger partial charge in [-0.2, -0.15) is 0 Å². The molecule has 6 nitrogen and oxygen atoms in total. The summed E-state index contributed by atoms with van der Waals surface area (Å²) >= 11 is 6.04. The van der Waals surface area contributed by atoms with E-state index in [1.165, 1.54) is 5.57 Å². The Morgan fingerprint density at radius 3 is 2.88 bits per heavy atom. The minimum absolute atomic E-state index is 0.0613. The van der Waals surface area contributed by atoms with Crippen molar-refractivity contribution in [2.45, 2.75) is 38.3 Å². The molecule has 2 unspecified atom stereocenters. The first kappa shape index (κ1) is 22.0. The number of rotatable bonds is 5. The van der Waals surface area contributed by atoms with Crippen molar-refractivity contribution in [3.8, 4) is 11.6 Å². The predicted molar refractivity (Wildman–Crippen MR) is 126 cm³/mol. The van der Waals surface area contributed by atoms with Gasteiger partial charge in [-0.05, 0) is 62.1 Å². The Hall–Kier alpha value is -3.22. The Bertz CT molecular complexity index is 1130. The van der Waals surface area contributed by atoms with Gasteiger partial charge in [0.2, 0.25) is 5.88 Å². The number of hydrogen-bond acceptors (Lipinski definition) is 5. The number of amides is 1. The number of benzene rings is 1. The average molecular weight is 449 g/mol. The summed E-state index contributed by atoms with van der Waals surface area (Å²) in [6.45, 7) is 1.84. The number of nitrogens with zero attached hydrogens (tertiary/aromatic N) is 2. The highest BCUT2D eigenvalue weighted by atomic mass is 35.5. The van der Waals surface area contributed by atoms with Crippen molar-refractivity contribution in [2.75, 3.05) is 0 Å². The van der Waals surface area contributed by atoms with Gasteiger partial charge in [-0.25, -0.2) is 4.98 Å². The van der Waals surface area contributed by atoms with Crippen LogP contribution in [0.3, 0.4) is 0 Å². The van der Waals surface area contributed by atoms with Crippen molar-refractivity contribution in [3.63, 3.8) is 0 Å². The van der Waals surface area contributed by atoms with Crippen LogP contribution in [0.4, 0.5) is 0 Å². The molecule has 1 aliphatic carbocycles. The van der Waals surface area contributed by atoms with Gasteiger partial charge in [0.15, 0.2) is 0 Å². The lowest BCUT2D eigenvalue weighted by atomic mass is 9.86. The van der Waals surface area contributed by atoms with Gasteiger partial charge in [-0.1, -0.05) is 35.4 Å². The molecule has 4 rings (SSSR count). The Balaban J connectivity index is 1.39. The summed E-state index contributed by atoms with van der Waals surface area (Å²) in [6.07, 6.45) is 7.74. The summed E-state index contributed by atoms with van der Waals surface area (Å²) in [4.78, 5) is 20.8. The van der Waals surface area contributed by atoms with Crippen LogP contribution in [-0.4, -0.2) is 28.0 Å². The molecule has 1 aromatic carbocycles. The van der Waals surface area contributed by atoms with Crippen LogP contribution in [0.1, 0.15) is 40.9 Å². The number of nitrogens with one attached hydrogen (secondary N) is 1.